The molecule has 0 radical (unpaired) electrons. The van der Waals surface area contributed by atoms with Crippen LogP contribution in [0.15, 0.2) is 36.4 Å². The molecule has 2 rings (SSSR count). The van der Waals surface area contributed by atoms with Gasteiger partial charge in [0.05, 0.1) is 12.8 Å². The first kappa shape index (κ1) is 19.8. The van der Waals surface area contributed by atoms with Crippen molar-refractivity contribution in [2.75, 3.05) is 23.9 Å². The minimum absolute atomic E-state index is 0.0916. The van der Waals surface area contributed by atoms with Gasteiger partial charge in [-0.25, -0.2) is 0 Å². The van der Waals surface area contributed by atoms with Crippen molar-refractivity contribution in [2.24, 2.45) is 0 Å². The Labute approximate surface area is 158 Å². The second kappa shape index (κ2) is 8.72. The van der Waals surface area contributed by atoms with Crippen molar-refractivity contribution < 1.29 is 14.3 Å². The molecule has 2 amide bonds. The van der Waals surface area contributed by atoms with E-state index in [9.17, 15) is 9.59 Å². The highest BCUT2D eigenvalue weighted by atomic mass is 35.5. The lowest BCUT2D eigenvalue weighted by atomic mass is 10.1. The smallest absolute Gasteiger partial charge is 0.244 e. The van der Waals surface area contributed by atoms with Gasteiger partial charge in [-0.05, 0) is 42.7 Å². The van der Waals surface area contributed by atoms with E-state index in [0.29, 0.717) is 22.1 Å². The molecule has 0 aliphatic rings. The fourth-order valence-corrected chi connectivity index (χ4v) is 2.71. The highest BCUT2D eigenvalue weighted by Crippen LogP contribution is 2.31. The number of hydrogen-bond acceptors (Lipinski definition) is 3. The van der Waals surface area contributed by atoms with Gasteiger partial charge in [-0.3, -0.25) is 9.59 Å². The Kier molecular flexibility index (Phi) is 6.64. The molecule has 2 aromatic carbocycles. The fraction of sp³-hybridized carbons (Fsp3) is 0.300. The molecule has 26 heavy (non-hydrogen) atoms. The molecule has 2 aromatic rings. The van der Waals surface area contributed by atoms with Crippen molar-refractivity contribution in [3.05, 3.63) is 52.5 Å². The van der Waals surface area contributed by atoms with Crippen molar-refractivity contribution in [1.29, 1.82) is 0 Å². The van der Waals surface area contributed by atoms with E-state index in [1.54, 1.807) is 12.1 Å². The van der Waals surface area contributed by atoms with Gasteiger partial charge in [0.15, 0.2) is 0 Å². The van der Waals surface area contributed by atoms with Gasteiger partial charge in [0.25, 0.3) is 0 Å². The molecule has 0 heterocycles. The molecule has 1 N–H and O–H groups in total. The van der Waals surface area contributed by atoms with E-state index < -0.39 is 0 Å². The van der Waals surface area contributed by atoms with Gasteiger partial charge in [-0.1, -0.05) is 30.7 Å². The summed E-state index contributed by atoms with van der Waals surface area (Å²) in [4.78, 5) is 25.9. The first-order valence-electron chi connectivity index (χ1n) is 8.36. The summed E-state index contributed by atoms with van der Waals surface area (Å²) in [7, 11) is 1.51. The summed E-state index contributed by atoms with van der Waals surface area (Å²) >= 11 is 6.09. The van der Waals surface area contributed by atoms with Crippen LogP contribution in [0, 0.1) is 6.92 Å². The molecule has 6 heteroatoms. The number of hydrogen-bond donors (Lipinski definition) is 1. The number of rotatable bonds is 6. The molecular weight excluding hydrogens is 352 g/mol. The largest absolute Gasteiger partial charge is 0.495 e. The number of nitrogens with one attached hydrogen (secondary N) is 1. The molecule has 0 bridgehead atoms. The van der Waals surface area contributed by atoms with E-state index in [-0.39, 0.29) is 18.4 Å². The van der Waals surface area contributed by atoms with Crippen LogP contribution in [0.4, 0.5) is 11.4 Å². The Morgan fingerprint density at radius 3 is 2.38 bits per heavy atom. The fourth-order valence-electron chi connectivity index (χ4n) is 2.56. The number of methoxy groups -OCH3 is 1. The quantitative estimate of drug-likeness (QED) is 0.823. The molecule has 0 aromatic heterocycles. The second-order valence-corrected chi connectivity index (χ2v) is 6.38. The van der Waals surface area contributed by atoms with Gasteiger partial charge in [0.2, 0.25) is 11.8 Å². The Bertz CT molecular complexity index is 803. The maximum absolute atomic E-state index is 12.5. The summed E-state index contributed by atoms with van der Waals surface area (Å²) in [5, 5.41) is 3.35. The summed E-state index contributed by atoms with van der Waals surface area (Å²) in [6, 6.07) is 11.0. The van der Waals surface area contributed by atoms with Crippen LogP contribution in [0.1, 0.15) is 25.0 Å². The van der Waals surface area contributed by atoms with Crippen LogP contribution in [-0.4, -0.2) is 25.5 Å². The molecule has 0 fully saturated rings. The van der Waals surface area contributed by atoms with Crippen molar-refractivity contribution in [1.82, 2.24) is 0 Å². The summed E-state index contributed by atoms with van der Waals surface area (Å²) in [5.74, 6) is -0.0564. The van der Waals surface area contributed by atoms with E-state index >= 15 is 0 Å². The normalized spacial score (nSPS) is 10.3. The third kappa shape index (κ3) is 4.76. The van der Waals surface area contributed by atoms with Crippen LogP contribution < -0.4 is 15.0 Å². The number of amides is 2. The topological polar surface area (TPSA) is 58.6 Å². The third-order valence-corrected chi connectivity index (χ3v) is 4.50. The molecule has 0 saturated heterocycles. The summed E-state index contributed by atoms with van der Waals surface area (Å²) < 4.78 is 5.26. The molecule has 5 nitrogen and oxygen atoms in total. The summed E-state index contributed by atoms with van der Waals surface area (Å²) in [6.45, 7) is 5.25. The Hall–Kier alpha value is -2.53. The van der Waals surface area contributed by atoms with Gasteiger partial charge < -0.3 is 15.0 Å². The monoisotopic (exact) mass is 374 g/mol. The Morgan fingerprint density at radius 1 is 1.19 bits per heavy atom. The number of carbonyl (C=O) groups excluding carboxylic acids is 2. The summed E-state index contributed by atoms with van der Waals surface area (Å²) in [5.41, 5.74) is 3.19. The van der Waals surface area contributed by atoms with Crippen molar-refractivity contribution in [2.45, 2.75) is 27.2 Å². The zero-order chi connectivity index (χ0) is 19.3. The van der Waals surface area contributed by atoms with Crippen molar-refractivity contribution >= 4 is 34.8 Å². The van der Waals surface area contributed by atoms with Crippen LogP contribution in [0.25, 0.3) is 0 Å². The number of benzene rings is 2. The van der Waals surface area contributed by atoms with Crippen LogP contribution in [0.5, 0.6) is 5.75 Å². The molecule has 0 saturated carbocycles. The van der Waals surface area contributed by atoms with E-state index in [1.807, 2.05) is 31.2 Å². The number of ether oxygens (including phenoxy) is 1. The predicted octanol–water partition coefficient (Wildman–Crippen LogP) is 4.21. The maximum atomic E-state index is 12.5. The SMILES string of the molecule is CCc1ccc(N(CC(=O)Nc2cc(C)c(Cl)cc2OC)C(C)=O)cc1. The standard InChI is InChI=1S/C20H23ClN2O3/c1-5-15-6-8-16(9-7-15)23(14(3)24)12-20(25)22-18-10-13(2)17(21)11-19(18)26-4/h6-11H,5,12H2,1-4H3,(H,22,25). The highest BCUT2D eigenvalue weighted by molar-refractivity contribution is 6.31. The van der Waals surface area contributed by atoms with Crippen molar-refractivity contribution in [3.63, 3.8) is 0 Å². The van der Waals surface area contributed by atoms with Gasteiger partial charge >= 0.3 is 0 Å². The minimum atomic E-state index is -0.320. The van der Waals surface area contributed by atoms with Gasteiger partial charge in [-0.2, -0.15) is 0 Å². The molecule has 0 aliphatic heterocycles. The molecule has 0 unspecified atom stereocenters. The van der Waals surface area contributed by atoms with Crippen molar-refractivity contribution in [3.8, 4) is 5.75 Å². The zero-order valence-corrected chi connectivity index (χ0v) is 16.2. The van der Waals surface area contributed by atoms with Gasteiger partial charge in [0.1, 0.15) is 12.3 Å². The van der Waals surface area contributed by atoms with Crippen LogP contribution in [0.2, 0.25) is 5.02 Å². The second-order valence-electron chi connectivity index (χ2n) is 5.98. The number of anilines is 2. The number of halogens is 1. The predicted molar refractivity (Wildman–Crippen MR) is 105 cm³/mol. The van der Waals surface area contributed by atoms with E-state index in [1.165, 1.54) is 24.5 Å². The van der Waals surface area contributed by atoms with E-state index in [0.717, 1.165) is 12.0 Å². The van der Waals surface area contributed by atoms with Crippen LogP contribution >= 0.6 is 11.6 Å². The molecule has 0 aliphatic carbocycles. The number of carbonyl (C=O) groups is 2. The zero-order valence-electron chi connectivity index (χ0n) is 15.4. The molecule has 0 spiro atoms. The minimum Gasteiger partial charge on any atom is -0.495 e. The Morgan fingerprint density at radius 2 is 1.85 bits per heavy atom. The first-order chi connectivity index (χ1) is 12.3. The van der Waals surface area contributed by atoms with Crippen LogP contribution in [-0.2, 0) is 16.0 Å². The van der Waals surface area contributed by atoms with Gasteiger partial charge in [-0.15, -0.1) is 0 Å². The van der Waals surface area contributed by atoms with Gasteiger partial charge in [0, 0.05) is 23.7 Å². The average molecular weight is 375 g/mol. The van der Waals surface area contributed by atoms with Crippen LogP contribution in [0.3, 0.4) is 0 Å². The highest BCUT2D eigenvalue weighted by Gasteiger charge is 2.17. The maximum Gasteiger partial charge on any atom is 0.244 e. The first-order valence-corrected chi connectivity index (χ1v) is 8.74. The average Bonchev–Trinajstić information content (AvgIpc) is 2.62. The lowest BCUT2D eigenvalue weighted by Crippen LogP contribution is -2.36. The lowest BCUT2D eigenvalue weighted by Gasteiger charge is -2.21. The number of aryl methyl sites for hydroxylation is 2. The van der Waals surface area contributed by atoms with E-state index in [2.05, 4.69) is 12.2 Å². The molecular formula is C20H23ClN2O3. The molecule has 138 valence electrons. The third-order valence-electron chi connectivity index (χ3n) is 4.09. The summed E-state index contributed by atoms with van der Waals surface area (Å²) in [6.07, 6.45) is 0.913. The molecule has 0 atom stereocenters. The van der Waals surface area contributed by atoms with E-state index in [4.69, 9.17) is 16.3 Å². The Balaban J connectivity index is 2.18. The number of nitrogens with zero attached hydrogens (tertiary/aromatic N) is 1. The lowest BCUT2D eigenvalue weighted by molar-refractivity contribution is -0.120.